The van der Waals surface area contributed by atoms with Crippen molar-refractivity contribution < 1.29 is 14.7 Å². The number of carbonyl (C=O) groups is 2. The highest BCUT2D eigenvalue weighted by atomic mass is 16.4. The molecule has 0 heterocycles. The molecule has 1 amide bonds. The molecule has 1 aliphatic rings. The van der Waals surface area contributed by atoms with E-state index in [9.17, 15) is 9.59 Å². The third kappa shape index (κ3) is 3.83. The van der Waals surface area contributed by atoms with Gasteiger partial charge in [-0.15, -0.1) is 0 Å². The van der Waals surface area contributed by atoms with Gasteiger partial charge in [0.1, 0.15) is 0 Å². The highest BCUT2D eigenvalue weighted by molar-refractivity contribution is 5.82. The Balaban J connectivity index is 2.50. The Labute approximate surface area is 96.4 Å². The fourth-order valence-electron chi connectivity index (χ4n) is 2.40. The second kappa shape index (κ2) is 5.87. The zero-order valence-corrected chi connectivity index (χ0v) is 10.0. The minimum atomic E-state index is -0.828. The van der Waals surface area contributed by atoms with Crippen LogP contribution in [0.4, 0.5) is 0 Å². The Morgan fingerprint density at radius 3 is 2.31 bits per heavy atom. The third-order valence-electron chi connectivity index (χ3n) is 3.14. The van der Waals surface area contributed by atoms with Crippen molar-refractivity contribution in [3.8, 4) is 0 Å². The molecule has 0 radical (unpaired) electrons. The highest BCUT2D eigenvalue weighted by Gasteiger charge is 2.32. The van der Waals surface area contributed by atoms with E-state index in [-0.39, 0.29) is 24.3 Å². The SMILES string of the molecule is CC(C)NC(=O)CC(C(=O)O)C1CCCC1. The van der Waals surface area contributed by atoms with Crippen LogP contribution in [0.5, 0.6) is 0 Å². The topological polar surface area (TPSA) is 66.4 Å². The minimum absolute atomic E-state index is 0.0746. The molecule has 1 unspecified atom stereocenters. The summed E-state index contributed by atoms with van der Waals surface area (Å²) in [5.41, 5.74) is 0. The van der Waals surface area contributed by atoms with Gasteiger partial charge in [-0.05, 0) is 32.6 Å². The minimum Gasteiger partial charge on any atom is -0.481 e. The van der Waals surface area contributed by atoms with Crippen LogP contribution in [-0.2, 0) is 9.59 Å². The summed E-state index contributed by atoms with van der Waals surface area (Å²) < 4.78 is 0. The Bertz CT molecular complexity index is 257. The molecule has 1 atom stereocenters. The quantitative estimate of drug-likeness (QED) is 0.752. The molecule has 1 saturated carbocycles. The smallest absolute Gasteiger partial charge is 0.307 e. The predicted octanol–water partition coefficient (Wildman–Crippen LogP) is 1.79. The molecule has 16 heavy (non-hydrogen) atoms. The summed E-state index contributed by atoms with van der Waals surface area (Å²) >= 11 is 0. The van der Waals surface area contributed by atoms with Crippen molar-refractivity contribution in [3.05, 3.63) is 0 Å². The van der Waals surface area contributed by atoms with Gasteiger partial charge in [0.25, 0.3) is 0 Å². The zero-order valence-electron chi connectivity index (χ0n) is 10.0. The predicted molar refractivity (Wildman–Crippen MR) is 61.0 cm³/mol. The standard InChI is InChI=1S/C12H21NO3/c1-8(2)13-11(14)7-10(12(15)16)9-5-3-4-6-9/h8-10H,3-7H2,1-2H3,(H,13,14)(H,15,16). The van der Waals surface area contributed by atoms with Crippen molar-refractivity contribution in [1.29, 1.82) is 0 Å². The lowest BCUT2D eigenvalue weighted by Crippen LogP contribution is -2.35. The van der Waals surface area contributed by atoms with Gasteiger partial charge in [-0.1, -0.05) is 12.8 Å². The Morgan fingerprint density at radius 2 is 1.88 bits per heavy atom. The van der Waals surface area contributed by atoms with Crippen molar-refractivity contribution in [3.63, 3.8) is 0 Å². The van der Waals surface area contributed by atoms with E-state index in [0.717, 1.165) is 25.7 Å². The second-order valence-corrected chi connectivity index (χ2v) is 4.92. The number of carboxylic acid groups (broad SMARTS) is 1. The van der Waals surface area contributed by atoms with Gasteiger partial charge in [-0.25, -0.2) is 0 Å². The summed E-state index contributed by atoms with van der Waals surface area (Å²) in [5.74, 6) is -1.28. The Kier molecular flexibility index (Phi) is 4.77. The monoisotopic (exact) mass is 227 g/mol. The number of amides is 1. The van der Waals surface area contributed by atoms with Crippen LogP contribution in [0.2, 0.25) is 0 Å². The molecule has 1 fully saturated rings. The van der Waals surface area contributed by atoms with Gasteiger partial charge in [0.2, 0.25) is 5.91 Å². The second-order valence-electron chi connectivity index (χ2n) is 4.92. The van der Waals surface area contributed by atoms with Crippen LogP contribution in [0, 0.1) is 11.8 Å². The maximum absolute atomic E-state index is 11.6. The number of aliphatic carboxylic acids is 1. The van der Waals surface area contributed by atoms with E-state index in [2.05, 4.69) is 5.32 Å². The molecule has 92 valence electrons. The maximum atomic E-state index is 11.6. The van der Waals surface area contributed by atoms with E-state index in [0.29, 0.717) is 0 Å². The first-order valence-electron chi connectivity index (χ1n) is 6.03. The van der Waals surface area contributed by atoms with Gasteiger partial charge in [-0.3, -0.25) is 9.59 Å². The van der Waals surface area contributed by atoms with E-state index in [1.165, 1.54) is 0 Å². The molecule has 0 aromatic rings. The third-order valence-corrected chi connectivity index (χ3v) is 3.14. The fraction of sp³-hybridized carbons (Fsp3) is 0.833. The molecule has 0 aliphatic heterocycles. The Morgan fingerprint density at radius 1 is 1.31 bits per heavy atom. The average molecular weight is 227 g/mol. The average Bonchev–Trinajstić information content (AvgIpc) is 2.64. The number of rotatable bonds is 5. The highest BCUT2D eigenvalue weighted by Crippen LogP contribution is 2.33. The van der Waals surface area contributed by atoms with Gasteiger partial charge < -0.3 is 10.4 Å². The van der Waals surface area contributed by atoms with Crippen molar-refractivity contribution in [2.45, 2.75) is 52.0 Å². The van der Waals surface area contributed by atoms with E-state index in [4.69, 9.17) is 5.11 Å². The van der Waals surface area contributed by atoms with Crippen LogP contribution in [0.25, 0.3) is 0 Å². The molecule has 0 aromatic carbocycles. The molecule has 2 N–H and O–H groups in total. The van der Waals surface area contributed by atoms with Gasteiger partial charge in [0, 0.05) is 12.5 Å². The molecular weight excluding hydrogens is 206 g/mol. The number of carbonyl (C=O) groups excluding carboxylic acids is 1. The molecule has 1 rings (SSSR count). The van der Waals surface area contributed by atoms with Crippen LogP contribution in [0.15, 0.2) is 0 Å². The van der Waals surface area contributed by atoms with E-state index in [1.54, 1.807) is 0 Å². The summed E-state index contributed by atoms with van der Waals surface area (Å²) in [6, 6.07) is 0.0746. The zero-order chi connectivity index (χ0) is 12.1. The summed E-state index contributed by atoms with van der Waals surface area (Å²) in [6.45, 7) is 3.76. The lowest BCUT2D eigenvalue weighted by Gasteiger charge is -2.19. The molecule has 0 saturated heterocycles. The fourth-order valence-corrected chi connectivity index (χ4v) is 2.40. The summed E-state index contributed by atoms with van der Waals surface area (Å²) in [6.07, 6.45) is 4.22. The van der Waals surface area contributed by atoms with Crippen LogP contribution in [-0.4, -0.2) is 23.0 Å². The van der Waals surface area contributed by atoms with Crippen molar-refractivity contribution in [1.82, 2.24) is 5.32 Å². The molecule has 0 spiro atoms. The lowest BCUT2D eigenvalue weighted by atomic mass is 9.88. The maximum Gasteiger partial charge on any atom is 0.307 e. The van der Waals surface area contributed by atoms with Gasteiger partial charge in [-0.2, -0.15) is 0 Å². The normalized spacial score (nSPS) is 18.7. The molecule has 4 nitrogen and oxygen atoms in total. The molecule has 4 heteroatoms. The first kappa shape index (κ1) is 13.0. The van der Waals surface area contributed by atoms with Crippen LogP contribution < -0.4 is 5.32 Å². The first-order valence-corrected chi connectivity index (χ1v) is 6.03. The van der Waals surface area contributed by atoms with Crippen molar-refractivity contribution >= 4 is 11.9 Å². The number of carboxylic acids is 1. The Hall–Kier alpha value is -1.06. The number of hydrogen-bond acceptors (Lipinski definition) is 2. The molecule has 0 aromatic heterocycles. The number of hydrogen-bond donors (Lipinski definition) is 2. The van der Waals surface area contributed by atoms with Crippen LogP contribution >= 0.6 is 0 Å². The number of nitrogens with one attached hydrogen (secondary N) is 1. The largest absolute Gasteiger partial charge is 0.481 e. The van der Waals surface area contributed by atoms with Crippen molar-refractivity contribution in [2.24, 2.45) is 11.8 Å². The van der Waals surface area contributed by atoms with E-state index in [1.807, 2.05) is 13.8 Å². The van der Waals surface area contributed by atoms with Crippen LogP contribution in [0.1, 0.15) is 46.0 Å². The van der Waals surface area contributed by atoms with Crippen molar-refractivity contribution in [2.75, 3.05) is 0 Å². The van der Waals surface area contributed by atoms with Gasteiger partial charge in [0.05, 0.1) is 5.92 Å². The lowest BCUT2D eigenvalue weighted by molar-refractivity contribution is -0.146. The summed E-state index contributed by atoms with van der Waals surface area (Å²) in [7, 11) is 0. The van der Waals surface area contributed by atoms with Gasteiger partial charge in [0.15, 0.2) is 0 Å². The van der Waals surface area contributed by atoms with Gasteiger partial charge >= 0.3 is 5.97 Å². The molecule has 1 aliphatic carbocycles. The van der Waals surface area contributed by atoms with Crippen LogP contribution in [0.3, 0.4) is 0 Å². The van der Waals surface area contributed by atoms with E-state index < -0.39 is 11.9 Å². The molecular formula is C12H21NO3. The van der Waals surface area contributed by atoms with E-state index >= 15 is 0 Å². The summed E-state index contributed by atoms with van der Waals surface area (Å²) in [4.78, 5) is 22.7. The summed E-state index contributed by atoms with van der Waals surface area (Å²) in [5, 5.41) is 11.9. The molecule has 0 bridgehead atoms. The first-order chi connectivity index (χ1) is 7.50.